The summed E-state index contributed by atoms with van der Waals surface area (Å²) in [6.07, 6.45) is 1.37. The van der Waals surface area contributed by atoms with E-state index in [1.807, 2.05) is 6.07 Å². The molecule has 26 heavy (non-hydrogen) atoms. The van der Waals surface area contributed by atoms with Crippen LogP contribution in [0.1, 0.15) is 12.5 Å². The fraction of sp³-hybridized carbons (Fsp3) is 0.111. The third kappa shape index (κ3) is 4.70. The van der Waals surface area contributed by atoms with E-state index in [4.69, 9.17) is 27.9 Å². The van der Waals surface area contributed by atoms with Gasteiger partial charge in [0, 0.05) is 0 Å². The number of nitrogens with zero attached hydrogens (tertiary/aromatic N) is 1. The molecule has 2 aromatic carbocycles. The summed E-state index contributed by atoms with van der Waals surface area (Å²) >= 11 is 15.3. The number of carbonyl (C=O) groups is 1. The molecule has 5 nitrogen and oxygen atoms in total. The Labute approximate surface area is 168 Å². The number of ether oxygens (including phenoxy) is 1. The molecule has 1 amide bonds. The molecule has 0 bridgehead atoms. The predicted molar refractivity (Wildman–Crippen MR) is 106 cm³/mol. The molecule has 0 aliphatic heterocycles. The summed E-state index contributed by atoms with van der Waals surface area (Å²) < 4.78 is 5.71. The van der Waals surface area contributed by atoms with Crippen LogP contribution in [0.25, 0.3) is 6.08 Å². The zero-order chi connectivity index (χ0) is 19.3. The number of hydrogen-bond acceptors (Lipinski definition) is 4. The number of anilines is 1. The monoisotopic (exact) mass is 454 g/mol. The van der Waals surface area contributed by atoms with E-state index >= 15 is 0 Å². The summed E-state index contributed by atoms with van der Waals surface area (Å²) in [7, 11) is 0. The van der Waals surface area contributed by atoms with Crippen molar-refractivity contribution in [2.45, 2.75) is 6.92 Å². The third-order valence-corrected chi connectivity index (χ3v) is 4.46. The minimum Gasteiger partial charge on any atom is -0.503 e. The Morgan fingerprint density at radius 1 is 1.38 bits per heavy atom. The number of halogens is 3. The average Bonchev–Trinajstić information content (AvgIpc) is 2.60. The molecule has 0 radical (unpaired) electrons. The average molecular weight is 456 g/mol. The van der Waals surface area contributed by atoms with Gasteiger partial charge < -0.3 is 15.2 Å². The molecular formula is C18H13BrCl2N2O3. The van der Waals surface area contributed by atoms with Crippen molar-refractivity contribution in [1.82, 2.24) is 0 Å². The minimum absolute atomic E-state index is 0.0604. The van der Waals surface area contributed by atoms with Gasteiger partial charge in [-0.3, -0.25) is 4.79 Å². The molecule has 0 aliphatic rings. The molecule has 2 aromatic rings. The van der Waals surface area contributed by atoms with Crippen molar-refractivity contribution in [2.24, 2.45) is 0 Å². The van der Waals surface area contributed by atoms with Gasteiger partial charge in [-0.05, 0) is 58.8 Å². The Balaban J connectivity index is 2.36. The molecule has 0 saturated carbocycles. The summed E-state index contributed by atoms with van der Waals surface area (Å²) in [5.41, 5.74) is 0.556. The van der Waals surface area contributed by atoms with Crippen molar-refractivity contribution in [3.05, 3.63) is 56.0 Å². The second-order valence-electron chi connectivity index (χ2n) is 5.00. The number of carbonyl (C=O) groups excluding carboxylic acids is 1. The number of nitrogens with one attached hydrogen (secondary N) is 1. The van der Waals surface area contributed by atoms with Gasteiger partial charge in [0.05, 0.1) is 26.8 Å². The fourth-order valence-electron chi connectivity index (χ4n) is 2.06. The molecular weight excluding hydrogens is 443 g/mol. The van der Waals surface area contributed by atoms with E-state index in [9.17, 15) is 15.2 Å². The van der Waals surface area contributed by atoms with Crippen molar-refractivity contribution in [1.29, 1.82) is 5.26 Å². The second kappa shape index (κ2) is 8.95. The quantitative estimate of drug-likeness (QED) is 0.466. The van der Waals surface area contributed by atoms with Crippen molar-refractivity contribution >= 4 is 56.8 Å². The Hall–Kier alpha value is -2.20. The molecule has 0 aromatic heterocycles. The molecule has 2 rings (SSSR count). The molecule has 0 spiro atoms. The summed E-state index contributed by atoms with van der Waals surface area (Å²) in [6.45, 7) is 2.13. The molecule has 0 atom stereocenters. The van der Waals surface area contributed by atoms with Crippen molar-refractivity contribution in [3.8, 4) is 17.6 Å². The molecule has 0 aliphatic carbocycles. The van der Waals surface area contributed by atoms with E-state index in [1.165, 1.54) is 12.1 Å². The van der Waals surface area contributed by atoms with Gasteiger partial charge in [-0.15, -0.1) is 0 Å². The van der Waals surface area contributed by atoms with E-state index < -0.39 is 5.91 Å². The van der Waals surface area contributed by atoms with Gasteiger partial charge in [0.15, 0.2) is 11.5 Å². The van der Waals surface area contributed by atoms with Gasteiger partial charge in [-0.2, -0.15) is 5.26 Å². The Bertz CT molecular complexity index is 903. The largest absolute Gasteiger partial charge is 0.503 e. The summed E-state index contributed by atoms with van der Waals surface area (Å²) in [6, 6.07) is 9.72. The lowest BCUT2D eigenvalue weighted by atomic mass is 10.1. The summed E-state index contributed by atoms with van der Waals surface area (Å²) in [4.78, 5) is 12.4. The molecule has 0 saturated heterocycles. The first-order valence-corrected chi connectivity index (χ1v) is 8.94. The fourth-order valence-corrected chi connectivity index (χ4v) is 3.01. The van der Waals surface area contributed by atoms with E-state index in [2.05, 4.69) is 21.2 Å². The van der Waals surface area contributed by atoms with E-state index in [0.29, 0.717) is 16.6 Å². The van der Waals surface area contributed by atoms with Crippen LogP contribution in [-0.2, 0) is 4.79 Å². The van der Waals surface area contributed by atoms with Crippen molar-refractivity contribution < 1.29 is 14.6 Å². The van der Waals surface area contributed by atoms with Gasteiger partial charge in [-0.25, -0.2) is 0 Å². The first-order valence-electron chi connectivity index (χ1n) is 7.39. The Kier molecular flexibility index (Phi) is 6.92. The number of phenolic OH excluding ortho intramolecular Hbond substituents is 1. The van der Waals surface area contributed by atoms with Crippen molar-refractivity contribution in [3.63, 3.8) is 0 Å². The third-order valence-electron chi connectivity index (χ3n) is 3.23. The Morgan fingerprint density at radius 3 is 2.62 bits per heavy atom. The number of aromatic hydroxyl groups is 1. The maximum Gasteiger partial charge on any atom is 0.266 e. The molecule has 0 heterocycles. The predicted octanol–water partition coefficient (Wildman–Crippen LogP) is 5.41. The molecule has 2 N–H and O–H groups in total. The SMILES string of the molecule is CCOc1cc(/C=C(\C#N)C(=O)Nc2c(Cl)cccc2Cl)cc(Br)c1O. The smallest absolute Gasteiger partial charge is 0.266 e. The lowest BCUT2D eigenvalue weighted by Gasteiger charge is -2.10. The summed E-state index contributed by atoms with van der Waals surface area (Å²) in [5.74, 6) is -0.487. The normalized spacial score (nSPS) is 11.0. The van der Waals surface area contributed by atoms with E-state index in [-0.39, 0.29) is 32.8 Å². The highest BCUT2D eigenvalue weighted by Crippen LogP contribution is 2.36. The van der Waals surface area contributed by atoms with Crippen LogP contribution in [0.2, 0.25) is 10.0 Å². The topological polar surface area (TPSA) is 82.3 Å². The van der Waals surface area contributed by atoms with Gasteiger partial charge >= 0.3 is 0 Å². The highest BCUT2D eigenvalue weighted by atomic mass is 79.9. The number of phenols is 1. The highest BCUT2D eigenvalue weighted by Gasteiger charge is 2.15. The number of nitriles is 1. The van der Waals surface area contributed by atoms with E-state index in [0.717, 1.165) is 0 Å². The van der Waals surface area contributed by atoms with Crippen LogP contribution in [0.5, 0.6) is 11.5 Å². The lowest BCUT2D eigenvalue weighted by Crippen LogP contribution is -2.14. The van der Waals surface area contributed by atoms with Crippen LogP contribution in [-0.4, -0.2) is 17.6 Å². The zero-order valence-corrected chi connectivity index (χ0v) is 16.6. The van der Waals surface area contributed by atoms with Gasteiger partial charge in [0.1, 0.15) is 11.6 Å². The van der Waals surface area contributed by atoms with Crippen molar-refractivity contribution in [2.75, 3.05) is 11.9 Å². The van der Waals surface area contributed by atoms with E-state index in [1.54, 1.807) is 31.2 Å². The number of para-hydroxylation sites is 1. The maximum absolute atomic E-state index is 12.4. The number of benzene rings is 2. The molecule has 8 heteroatoms. The molecule has 134 valence electrons. The molecule has 0 unspecified atom stereocenters. The number of amides is 1. The molecule has 0 fully saturated rings. The first kappa shape index (κ1) is 20.1. The van der Waals surface area contributed by atoms with Crippen LogP contribution < -0.4 is 10.1 Å². The minimum atomic E-state index is -0.662. The van der Waals surface area contributed by atoms with Gasteiger partial charge in [-0.1, -0.05) is 29.3 Å². The summed E-state index contributed by atoms with van der Waals surface area (Å²) in [5, 5.41) is 22.3. The van der Waals surface area contributed by atoms with Crippen LogP contribution in [0, 0.1) is 11.3 Å². The standard InChI is InChI=1S/C18H13BrCl2N2O3/c1-2-26-15-8-10(7-12(19)17(15)24)6-11(9-22)18(25)23-16-13(20)4-3-5-14(16)21/h3-8,24H,2H2,1H3,(H,23,25)/b11-6+. The first-order chi connectivity index (χ1) is 12.4. The zero-order valence-electron chi connectivity index (χ0n) is 13.5. The second-order valence-corrected chi connectivity index (χ2v) is 6.67. The van der Waals surface area contributed by atoms with Crippen LogP contribution in [0.15, 0.2) is 40.4 Å². The van der Waals surface area contributed by atoms with Gasteiger partial charge in [0.2, 0.25) is 0 Å². The van der Waals surface area contributed by atoms with Crippen LogP contribution >= 0.6 is 39.1 Å². The lowest BCUT2D eigenvalue weighted by molar-refractivity contribution is -0.112. The number of rotatable bonds is 5. The van der Waals surface area contributed by atoms with Gasteiger partial charge in [0.25, 0.3) is 5.91 Å². The highest BCUT2D eigenvalue weighted by molar-refractivity contribution is 9.10. The Morgan fingerprint density at radius 2 is 2.04 bits per heavy atom. The van der Waals surface area contributed by atoms with Crippen LogP contribution in [0.3, 0.4) is 0 Å². The van der Waals surface area contributed by atoms with Crippen LogP contribution in [0.4, 0.5) is 5.69 Å². The number of hydrogen-bond donors (Lipinski definition) is 2. The maximum atomic E-state index is 12.4.